The molecule has 28 heavy (non-hydrogen) atoms. The zero-order valence-electron chi connectivity index (χ0n) is 16.1. The first-order valence-corrected chi connectivity index (χ1v) is 9.93. The van der Waals surface area contributed by atoms with Crippen molar-refractivity contribution in [3.63, 3.8) is 0 Å². The predicted molar refractivity (Wildman–Crippen MR) is 111 cm³/mol. The summed E-state index contributed by atoms with van der Waals surface area (Å²) in [5.74, 6) is 0.239. The molecule has 0 radical (unpaired) electrons. The number of nitrogens with one attached hydrogen (secondary N) is 1. The summed E-state index contributed by atoms with van der Waals surface area (Å²) in [6, 6.07) is 14.6. The zero-order chi connectivity index (χ0) is 20.1. The van der Waals surface area contributed by atoms with E-state index >= 15 is 0 Å². The predicted octanol–water partition coefficient (Wildman–Crippen LogP) is 3.64. The molecular formula is C21H23N3O3S. The Morgan fingerprint density at radius 1 is 1.18 bits per heavy atom. The molecule has 1 aromatic heterocycles. The van der Waals surface area contributed by atoms with Crippen LogP contribution < -0.4 is 10.1 Å². The number of carbonyl (C=O) groups is 2. The molecule has 0 spiro atoms. The second-order valence-corrected chi connectivity index (χ2v) is 7.40. The fourth-order valence-corrected chi connectivity index (χ4v) is 3.77. The van der Waals surface area contributed by atoms with E-state index in [1.165, 1.54) is 0 Å². The number of ether oxygens (including phenoxy) is 1. The number of fused-ring (bicyclic) bond motifs is 1. The summed E-state index contributed by atoms with van der Waals surface area (Å²) in [5, 5.41) is 3.55. The fourth-order valence-electron chi connectivity index (χ4n) is 2.70. The Morgan fingerprint density at radius 3 is 2.57 bits per heavy atom. The summed E-state index contributed by atoms with van der Waals surface area (Å²) < 4.78 is 6.45. The minimum Gasteiger partial charge on any atom is -0.494 e. The number of likely N-dealkylation sites (N-methyl/N-ethyl adjacent to an activating group) is 1. The molecule has 0 aliphatic rings. The number of thiazole rings is 1. The van der Waals surface area contributed by atoms with E-state index in [-0.39, 0.29) is 24.4 Å². The molecule has 0 unspecified atom stereocenters. The third-order valence-corrected chi connectivity index (χ3v) is 5.68. The molecule has 1 atom stereocenters. The Bertz CT molecular complexity index is 935. The van der Waals surface area contributed by atoms with E-state index in [1.54, 1.807) is 47.5 Å². The maximum Gasteiger partial charge on any atom is 0.251 e. The Kier molecular flexibility index (Phi) is 6.26. The molecule has 146 valence electrons. The van der Waals surface area contributed by atoms with Gasteiger partial charge in [-0.1, -0.05) is 12.1 Å². The summed E-state index contributed by atoms with van der Waals surface area (Å²) in [6.07, 6.45) is 0. The smallest absolute Gasteiger partial charge is 0.251 e. The van der Waals surface area contributed by atoms with Crippen molar-refractivity contribution in [2.75, 3.05) is 20.2 Å². The van der Waals surface area contributed by atoms with Gasteiger partial charge < -0.3 is 15.0 Å². The number of aromatic nitrogens is 1. The van der Waals surface area contributed by atoms with E-state index in [1.807, 2.05) is 38.1 Å². The van der Waals surface area contributed by atoms with Crippen LogP contribution >= 0.6 is 11.3 Å². The second kappa shape index (κ2) is 8.84. The van der Waals surface area contributed by atoms with Crippen LogP contribution in [0, 0.1) is 0 Å². The van der Waals surface area contributed by atoms with Crippen LogP contribution in [0.25, 0.3) is 10.2 Å². The third kappa shape index (κ3) is 4.48. The van der Waals surface area contributed by atoms with E-state index in [9.17, 15) is 9.59 Å². The van der Waals surface area contributed by atoms with Crippen LogP contribution in [-0.2, 0) is 4.79 Å². The first kappa shape index (κ1) is 19.8. The Hall–Kier alpha value is -2.93. The molecule has 2 aromatic carbocycles. The van der Waals surface area contributed by atoms with Crippen LogP contribution in [0.1, 0.15) is 35.3 Å². The molecular weight excluding hydrogens is 374 g/mol. The zero-order valence-corrected chi connectivity index (χ0v) is 17.0. The van der Waals surface area contributed by atoms with Crippen molar-refractivity contribution >= 4 is 33.4 Å². The molecule has 7 heteroatoms. The topological polar surface area (TPSA) is 71.5 Å². The van der Waals surface area contributed by atoms with Gasteiger partial charge in [-0.2, -0.15) is 0 Å². The van der Waals surface area contributed by atoms with E-state index in [0.717, 1.165) is 15.2 Å². The molecule has 0 aliphatic heterocycles. The minimum absolute atomic E-state index is 0.0716. The molecule has 0 aliphatic carbocycles. The van der Waals surface area contributed by atoms with Crippen LogP contribution in [0.4, 0.5) is 0 Å². The highest BCUT2D eigenvalue weighted by Gasteiger charge is 2.21. The van der Waals surface area contributed by atoms with Gasteiger partial charge in [0.25, 0.3) is 5.91 Å². The number of carbonyl (C=O) groups excluding carboxylic acids is 2. The molecule has 1 N–H and O–H groups in total. The lowest BCUT2D eigenvalue weighted by atomic mass is 10.2. The van der Waals surface area contributed by atoms with Crippen molar-refractivity contribution in [3.05, 3.63) is 59.1 Å². The molecule has 1 heterocycles. The first-order chi connectivity index (χ1) is 13.5. The number of rotatable bonds is 7. The van der Waals surface area contributed by atoms with Crippen LogP contribution in [0.3, 0.4) is 0 Å². The second-order valence-electron chi connectivity index (χ2n) is 6.34. The standard InChI is InChI=1S/C21H23N3O3S/c1-4-27-16-11-9-15(10-12-16)20(26)22-13-19(25)24(3)14(2)21-23-17-7-5-6-8-18(17)28-21/h5-12,14H,4,13H2,1-3H3,(H,22,26)/t14-/m0/s1. The Balaban J connectivity index is 1.58. The molecule has 3 aromatic rings. The molecule has 2 amide bonds. The van der Waals surface area contributed by atoms with Gasteiger partial charge in [0.15, 0.2) is 0 Å². The lowest BCUT2D eigenvalue weighted by Crippen LogP contribution is -2.39. The summed E-state index contributed by atoms with van der Waals surface area (Å²) in [7, 11) is 1.72. The Labute approximate surface area is 168 Å². The fraction of sp³-hybridized carbons (Fsp3) is 0.286. The minimum atomic E-state index is -0.294. The Morgan fingerprint density at radius 2 is 1.89 bits per heavy atom. The van der Waals surface area contributed by atoms with Gasteiger partial charge in [0.1, 0.15) is 10.8 Å². The van der Waals surface area contributed by atoms with E-state index in [2.05, 4.69) is 10.3 Å². The maximum atomic E-state index is 12.5. The van der Waals surface area contributed by atoms with Crippen LogP contribution in [0.5, 0.6) is 5.75 Å². The quantitative estimate of drug-likeness (QED) is 0.661. The van der Waals surface area contributed by atoms with Gasteiger partial charge in [0.2, 0.25) is 5.91 Å². The number of hydrogen-bond donors (Lipinski definition) is 1. The van der Waals surface area contributed by atoms with Crippen molar-refractivity contribution < 1.29 is 14.3 Å². The van der Waals surface area contributed by atoms with E-state index in [0.29, 0.717) is 17.9 Å². The third-order valence-electron chi connectivity index (χ3n) is 4.47. The largest absolute Gasteiger partial charge is 0.494 e. The SMILES string of the molecule is CCOc1ccc(C(=O)NCC(=O)N(C)[C@@H](C)c2nc3ccccc3s2)cc1. The highest BCUT2D eigenvalue weighted by molar-refractivity contribution is 7.18. The van der Waals surface area contributed by atoms with Gasteiger partial charge in [-0.25, -0.2) is 4.98 Å². The highest BCUT2D eigenvalue weighted by atomic mass is 32.1. The van der Waals surface area contributed by atoms with Gasteiger partial charge in [-0.05, 0) is 50.2 Å². The number of para-hydroxylation sites is 1. The van der Waals surface area contributed by atoms with Gasteiger partial charge in [-0.15, -0.1) is 11.3 Å². The summed E-state index contributed by atoms with van der Waals surface area (Å²) in [4.78, 5) is 31.0. The molecule has 0 saturated heterocycles. The molecule has 3 rings (SSSR count). The molecule has 0 fully saturated rings. The summed E-state index contributed by atoms with van der Waals surface area (Å²) in [6.45, 7) is 4.33. The van der Waals surface area contributed by atoms with Gasteiger partial charge in [0.05, 0.1) is 29.4 Å². The molecule has 0 saturated carbocycles. The average molecular weight is 398 g/mol. The number of benzene rings is 2. The van der Waals surface area contributed by atoms with Crippen LogP contribution in [0.2, 0.25) is 0 Å². The first-order valence-electron chi connectivity index (χ1n) is 9.11. The molecule has 6 nitrogen and oxygen atoms in total. The van der Waals surface area contributed by atoms with E-state index < -0.39 is 0 Å². The number of nitrogens with zero attached hydrogens (tertiary/aromatic N) is 2. The molecule has 0 bridgehead atoms. The van der Waals surface area contributed by atoms with Gasteiger partial charge >= 0.3 is 0 Å². The maximum absolute atomic E-state index is 12.5. The van der Waals surface area contributed by atoms with E-state index in [4.69, 9.17) is 4.74 Å². The van der Waals surface area contributed by atoms with Crippen LogP contribution in [0.15, 0.2) is 48.5 Å². The van der Waals surface area contributed by atoms with Crippen molar-refractivity contribution in [3.8, 4) is 5.75 Å². The van der Waals surface area contributed by atoms with Gasteiger partial charge in [-0.3, -0.25) is 9.59 Å². The highest BCUT2D eigenvalue weighted by Crippen LogP contribution is 2.28. The monoisotopic (exact) mass is 397 g/mol. The number of hydrogen-bond acceptors (Lipinski definition) is 5. The number of amides is 2. The van der Waals surface area contributed by atoms with Crippen molar-refractivity contribution in [1.29, 1.82) is 0 Å². The van der Waals surface area contributed by atoms with Gasteiger partial charge in [0, 0.05) is 12.6 Å². The van der Waals surface area contributed by atoms with Crippen molar-refractivity contribution in [2.24, 2.45) is 0 Å². The summed E-state index contributed by atoms with van der Waals surface area (Å²) >= 11 is 1.57. The summed E-state index contributed by atoms with van der Waals surface area (Å²) in [5.41, 5.74) is 1.41. The van der Waals surface area contributed by atoms with Crippen LogP contribution in [-0.4, -0.2) is 41.9 Å². The van der Waals surface area contributed by atoms with Crippen molar-refractivity contribution in [1.82, 2.24) is 15.2 Å². The normalized spacial score (nSPS) is 11.8. The lowest BCUT2D eigenvalue weighted by molar-refractivity contribution is -0.130. The van der Waals surface area contributed by atoms with Crippen molar-refractivity contribution in [2.45, 2.75) is 19.9 Å². The average Bonchev–Trinajstić information content (AvgIpc) is 3.15. The lowest BCUT2D eigenvalue weighted by Gasteiger charge is -2.23.